The van der Waals surface area contributed by atoms with Crippen molar-refractivity contribution in [3.63, 3.8) is 0 Å². The van der Waals surface area contributed by atoms with Crippen molar-refractivity contribution >= 4 is 16.7 Å². The largest absolute Gasteiger partial charge is 0.465 e. The number of carbonyl (C=O) groups excluding carboxylic acids is 1. The molecule has 3 aromatic rings. The minimum Gasteiger partial charge on any atom is -0.465 e. The standard InChI is InChI=1S/C17H12F2N2O2/c1-9-6-21-16(15-13(18)7-20-8-14(15)19)12-5-10(17(22)23-2)3-4-11(9)12/h3-8H,1-2H3. The number of rotatable bonds is 2. The van der Waals surface area contributed by atoms with Gasteiger partial charge in [0.25, 0.3) is 0 Å². The van der Waals surface area contributed by atoms with E-state index in [1.54, 1.807) is 12.1 Å². The third-order valence-corrected chi connectivity index (χ3v) is 3.60. The van der Waals surface area contributed by atoms with Crippen molar-refractivity contribution in [3.05, 3.63) is 59.6 Å². The van der Waals surface area contributed by atoms with Gasteiger partial charge in [0.15, 0.2) is 11.6 Å². The molecule has 1 aromatic carbocycles. The Morgan fingerprint density at radius 1 is 1.09 bits per heavy atom. The molecular weight excluding hydrogens is 302 g/mol. The molecule has 0 aliphatic rings. The van der Waals surface area contributed by atoms with E-state index in [0.717, 1.165) is 23.3 Å². The summed E-state index contributed by atoms with van der Waals surface area (Å²) < 4.78 is 32.8. The number of ether oxygens (including phenoxy) is 1. The number of aromatic nitrogens is 2. The number of methoxy groups -OCH3 is 1. The van der Waals surface area contributed by atoms with Gasteiger partial charge in [-0.2, -0.15) is 0 Å². The fourth-order valence-corrected chi connectivity index (χ4v) is 2.47. The predicted octanol–water partition coefficient (Wildman–Crippen LogP) is 3.67. The number of hydrogen-bond acceptors (Lipinski definition) is 4. The van der Waals surface area contributed by atoms with Gasteiger partial charge in [0, 0.05) is 11.6 Å². The highest BCUT2D eigenvalue weighted by molar-refractivity contribution is 6.01. The number of nitrogens with zero attached hydrogens (tertiary/aromatic N) is 2. The van der Waals surface area contributed by atoms with Crippen LogP contribution in [0.25, 0.3) is 22.0 Å². The van der Waals surface area contributed by atoms with Crippen LogP contribution < -0.4 is 0 Å². The van der Waals surface area contributed by atoms with Crippen molar-refractivity contribution in [3.8, 4) is 11.3 Å². The van der Waals surface area contributed by atoms with E-state index >= 15 is 0 Å². The average molecular weight is 314 g/mol. The Balaban J connectivity index is 2.37. The van der Waals surface area contributed by atoms with Crippen LogP contribution in [0, 0.1) is 18.6 Å². The summed E-state index contributed by atoms with van der Waals surface area (Å²) in [6, 6.07) is 4.83. The third kappa shape index (κ3) is 2.52. The van der Waals surface area contributed by atoms with Gasteiger partial charge in [-0.05, 0) is 30.0 Å². The second kappa shape index (κ2) is 5.72. The Kier molecular flexibility index (Phi) is 3.73. The molecule has 3 rings (SSSR count). The summed E-state index contributed by atoms with van der Waals surface area (Å²) in [5.41, 5.74) is 0.958. The molecule has 0 radical (unpaired) electrons. The Labute approximate surface area is 130 Å². The van der Waals surface area contributed by atoms with Crippen molar-refractivity contribution < 1.29 is 18.3 Å². The van der Waals surface area contributed by atoms with E-state index in [1.807, 2.05) is 6.92 Å². The van der Waals surface area contributed by atoms with Crippen LogP contribution in [-0.2, 0) is 4.74 Å². The normalized spacial score (nSPS) is 10.8. The Morgan fingerprint density at radius 2 is 1.78 bits per heavy atom. The lowest BCUT2D eigenvalue weighted by Crippen LogP contribution is -2.02. The molecule has 4 nitrogen and oxygen atoms in total. The number of pyridine rings is 2. The molecule has 0 atom stereocenters. The fourth-order valence-electron chi connectivity index (χ4n) is 2.47. The van der Waals surface area contributed by atoms with Crippen molar-refractivity contribution in [1.29, 1.82) is 0 Å². The van der Waals surface area contributed by atoms with E-state index in [1.165, 1.54) is 19.4 Å². The van der Waals surface area contributed by atoms with Crippen molar-refractivity contribution in [2.24, 2.45) is 0 Å². The first-order valence-corrected chi connectivity index (χ1v) is 6.80. The molecule has 2 aromatic heterocycles. The lowest BCUT2D eigenvalue weighted by molar-refractivity contribution is 0.0601. The summed E-state index contributed by atoms with van der Waals surface area (Å²) >= 11 is 0. The monoisotopic (exact) mass is 314 g/mol. The topological polar surface area (TPSA) is 52.1 Å². The molecule has 0 N–H and O–H groups in total. The Hall–Kier alpha value is -2.89. The quantitative estimate of drug-likeness (QED) is 0.677. The van der Waals surface area contributed by atoms with Crippen molar-refractivity contribution in [2.45, 2.75) is 6.92 Å². The molecule has 0 spiro atoms. The predicted molar refractivity (Wildman–Crippen MR) is 81.0 cm³/mol. The summed E-state index contributed by atoms with van der Waals surface area (Å²) in [6.07, 6.45) is 3.39. The Morgan fingerprint density at radius 3 is 2.43 bits per heavy atom. The lowest BCUT2D eigenvalue weighted by atomic mass is 9.99. The van der Waals surface area contributed by atoms with Gasteiger partial charge in [0.1, 0.15) is 0 Å². The summed E-state index contributed by atoms with van der Waals surface area (Å²) in [6.45, 7) is 1.83. The van der Waals surface area contributed by atoms with Crippen LogP contribution in [0.2, 0.25) is 0 Å². The van der Waals surface area contributed by atoms with Gasteiger partial charge in [-0.3, -0.25) is 9.97 Å². The van der Waals surface area contributed by atoms with Crippen LogP contribution >= 0.6 is 0 Å². The molecule has 0 fully saturated rings. The molecular formula is C17H12F2N2O2. The van der Waals surface area contributed by atoms with Gasteiger partial charge in [0.05, 0.1) is 36.3 Å². The van der Waals surface area contributed by atoms with E-state index in [2.05, 4.69) is 9.97 Å². The summed E-state index contributed by atoms with van der Waals surface area (Å²) in [5.74, 6) is -2.16. The SMILES string of the molecule is COC(=O)c1ccc2c(C)cnc(-c3c(F)cncc3F)c2c1. The highest BCUT2D eigenvalue weighted by Gasteiger charge is 2.18. The molecule has 0 unspecified atom stereocenters. The van der Waals surface area contributed by atoms with Crippen LogP contribution in [0.1, 0.15) is 15.9 Å². The number of fused-ring (bicyclic) bond motifs is 1. The number of halogens is 2. The highest BCUT2D eigenvalue weighted by atomic mass is 19.1. The lowest BCUT2D eigenvalue weighted by Gasteiger charge is -2.11. The van der Waals surface area contributed by atoms with Gasteiger partial charge in [-0.15, -0.1) is 0 Å². The molecule has 0 aliphatic carbocycles. The zero-order chi connectivity index (χ0) is 16.6. The first-order valence-electron chi connectivity index (χ1n) is 6.80. The van der Waals surface area contributed by atoms with Crippen LogP contribution in [0.15, 0.2) is 36.8 Å². The maximum absolute atomic E-state index is 14.1. The zero-order valence-electron chi connectivity index (χ0n) is 12.4. The van der Waals surface area contributed by atoms with Crippen molar-refractivity contribution in [2.75, 3.05) is 7.11 Å². The number of aryl methyl sites for hydroxylation is 1. The summed E-state index contributed by atoms with van der Waals surface area (Å²) in [5, 5.41) is 1.22. The van der Waals surface area contributed by atoms with Gasteiger partial charge < -0.3 is 4.74 Å². The minimum absolute atomic E-state index is 0.119. The Bertz CT molecular complexity index is 906. The maximum atomic E-state index is 14.1. The second-order valence-corrected chi connectivity index (χ2v) is 5.02. The molecule has 116 valence electrons. The van der Waals surface area contributed by atoms with Crippen molar-refractivity contribution in [1.82, 2.24) is 9.97 Å². The van der Waals surface area contributed by atoms with Crippen LogP contribution in [-0.4, -0.2) is 23.0 Å². The summed E-state index contributed by atoms with van der Waals surface area (Å²) in [7, 11) is 1.27. The zero-order valence-corrected chi connectivity index (χ0v) is 12.4. The maximum Gasteiger partial charge on any atom is 0.337 e. The van der Waals surface area contributed by atoms with Crippen LogP contribution in [0.5, 0.6) is 0 Å². The third-order valence-electron chi connectivity index (χ3n) is 3.60. The number of carbonyl (C=O) groups is 1. The fraction of sp³-hybridized carbons (Fsp3) is 0.118. The number of benzene rings is 1. The molecule has 0 amide bonds. The molecule has 0 saturated carbocycles. The molecule has 2 heterocycles. The van der Waals surface area contributed by atoms with Gasteiger partial charge in [-0.25, -0.2) is 13.6 Å². The molecule has 6 heteroatoms. The smallest absolute Gasteiger partial charge is 0.337 e. The van der Waals surface area contributed by atoms with E-state index in [9.17, 15) is 13.6 Å². The summed E-state index contributed by atoms with van der Waals surface area (Å²) in [4.78, 5) is 19.4. The van der Waals surface area contributed by atoms with Gasteiger partial charge >= 0.3 is 5.97 Å². The van der Waals surface area contributed by atoms with E-state index in [0.29, 0.717) is 5.39 Å². The van der Waals surface area contributed by atoms with E-state index < -0.39 is 17.6 Å². The molecule has 0 aliphatic heterocycles. The molecule has 0 bridgehead atoms. The first kappa shape index (κ1) is 15.0. The van der Waals surface area contributed by atoms with Gasteiger partial charge in [-0.1, -0.05) is 6.07 Å². The average Bonchev–Trinajstić information content (AvgIpc) is 2.55. The molecule has 23 heavy (non-hydrogen) atoms. The van der Waals surface area contributed by atoms with Crippen LogP contribution in [0.3, 0.4) is 0 Å². The first-order chi connectivity index (χ1) is 11.0. The number of esters is 1. The van der Waals surface area contributed by atoms with E-state index in [4.69, 9.17) is 4.74 Å². The van der Waals surface area contributed by atoms with E-state index in [-0.39, 0.29) is 16.8 Å². The number of hydrogen-bond donors (Lipinski definition) is 0. The highest BCUT2D eigenvalue weighted by Crippen LogP contribution is 2.32. The second-order valence-electron chi connectivity index (χ2n) is 5.02. The van der Waals surface area contributed by atoms with Crippen LogP contribution in [0.4, 0.5) is 8.78 Å². The van der Waals surface area contributed by atoms with Gasteiger partial charge in [0.2, 0.25) is 0 Å². The molecule has 0 saturated heterocycles. The minimum atomic E-state index is -0.814.